The highest BCUT2D eigenvalue weighted by Gasteiger charge is 2.25. The SMILES string of the molecule is CC(C)c1cccc(CCCC(F)(F)F)c1. The minimum absolute atomic E-state index is 0.172. The van der Waals surface area contributed by atoms with Gasteiger partial charge < -0.3 is 0 Å². The summed E-state index contributed by atoms with van der Waals surface area (Å²) in [6.45, 7) is 4.16. The molecule has 0 bridgehead atoms. The Bertz CT molecular complexity index is 326. The maximum absolute atomic E-state index is 12.0. The van der Waals surface area contributed by atoms with Gasteiger partial charge in [-0.2, -0.15) is 13.2 Å². The third-order valence-corrected chi connectivity index (χ3v) is 2.54. The predicted octanol–water partition coefficient (Wildman–Crippen LogP) is 4.70. The molecule has 0 aromatic heterocycles. The van der Waals surface area contributed by atoms with Crippen LogP contribution in [0.1, 0.15) is 43.7 Å². The van der Waals surface area contributed by atoms with Crippen LogP contribution in [-0.2, 0) is 6.42 Å². The van der Waals surface area contributed by atoms with E-state index in [1.54, 1.807) is 0 Å². The van der Waals surface area contributed by atoms with Crippen molar-refractivity contribution in [1.29, 1.82) is 0 Å². The molecule has 0 saturated carbocycles. The Morgan fingerprint density at radius 3 is 2.44 bits per heavy atom. The van der Waals surface area contributed by atoms with E-state index in [-0.39, 0.29) is 6.42 Å². The van der Waals surface area contributed by atoms with Crippen molar-refractivity contribution in [2.45, 2.75) is 45.2 Å². The van der Waals surface area contributed by atoms with Gasteiger partial charge in [0.25, 0.3) is 0 Å². The smallest absolute Gasteiger partial charge is 0.171 e. The summed E-state index contributed by atoms with van der Waals surface area (Å²) in [5, 5.41) is 0. The van der Waals surface area contributed by atoms with Crippen LogP contribution >= 0.6 is 0 Å². The average Bonchev–Trinajstić information content (AvgIpc) is 2.16. The van der Waals surface area contributed by atoms with Crippen LogP contribution in [0.15, 0.2) is 24.3 Å². The van der Waals surface area contributed by atoms with E-state index >= 15 is 0 Å². The van der Waals surface area contributed by atoms with E-state index in [4.69, 9.17) is 0 Å². The van der Waals surface area contributed by atoms with E-state index in [0.717, 1.165) is 5.56 Å². The number of halogens is 3. The van der Waals surface area contributed by atoms with Gasteiger partial charge in [-0.1, -0.05) is 38.1 Å². The molecule has 1 aromatic carbocycles. The van der Waals surface area contributed by atoms with Crippen molar-refractivity contribution >= 4 is 0 Å². The molecule has 0 amide bonds. The van der Waals surface area contributed by atoms with E-state index in [9.17, 15) is 13.2 Å². The van der Waals surface area contributed by atoms with Gasteiger partial charge in [0.05, 0.1) is 0 Å². The average molecular weight is 230 g/mol. The third kappa shape index (κ3) is 4.69. The standard InChI is InChI=1S/C13H17F3/c1-10(2)12-7-3-5-11(9-12)6-4-8-13(14,15)16/h3,5,7,9-10H,4,6,8H2,1-2H3. The first-order valence-corrected chi connectivity index (χ1v) is 5.54. The van der Waals surface area contributed by atoms with Gasteiger partial charge in [0.2, 0.25) is 0 Å². The van der Waals surface area contributed by atoms with E-state index in [2.05, 4.69) is 13.8 Å². The lowest BCUT2D eigenvalue weighted by molar-refractivity contribution is -0.135. The second-order valence-electron chi connectivity index (χ2n) is 4.37. The van der Waals surface area contributed by atoms with Gasteiger partial charge >= 0.3 is 6.18 Å². The summed E-state index contributed by atoms with van der Waals surface area (Å²) in [5.41, 5.74) is 2.18. The van der Waals surface area contributed by atoms with Crippen molar-refractivity contribution < 1.29 is 13.2 Å². The molecule has 0 saturated heterocycles. The molecule has 3 heteroatoms. The van der Waals surface area contributed by atoms with Crippen LogP contribution < -0.4 is 0 Å². The van der Waals surface area contributed by atoms with Crippen LogP contribution in [0, 0.1) is 0 Å². The van der Waals surface area contributed by atoms with Crippen LogP contribution in [0.25, 0.3) is 0 Å². The lowest BCUT2D eigenvalue weighted by Gasteiger charge is -2.09. The molecule has 1 aromatic rings. The second-order valence-corrected chi connectivity index (χ2v) is 4.37. The Morgan fingerprint density at radius 1 is 1.19 bits per heavy atom. The number of rotatable bonds is 4. The topological polar surface area (TPSA) is 0 Å². The number of hydrogen-bond acceptors (Lipinski definition) is 0. The van der Waals surface area contributed by atoms with Gasteiger partial charge in [0.1, 0.15) is 0 Å². The fourth-order valence-corrected chi connectivity index (χ4v) is 1.60. The molecule has 16 heavy (non-hydrogen) atoms. The molecule has 0 radical (unpaired) electrons. The fraction of sp³-hybridized carbons (Fsp3) is 0.538. The van der Waals surface area contributed by atoms with Gasteiger partial charge in [-0.15, -0.1) is 0 Å². The number of alkyl halides is 3. The molecular weight excluding hydrogens is 213 g/mol. The predicted molar refractivity (Wildman–Crippen MR) is 59.5 cm³/mol. The summed E-state index contributed by atoms with van der Waals surface area (Å²) in [4.78, 5) is 0. The summed E-state index contributed by atoms with van der Waals surface area (Å²) in [6.07, 6.45) is -4.06. The van der Waals surface area contributed by atoms with Crippen molar-refractivity contribution in [3.05, 3.63) is 35.4 Å². The minimum atomic E-state index is -4.03. The lowest BCUT2D eigenvalue weighted by Crippen LogP contribution is -2.07. The number of benzene rings is 1. The van der Waals surface area contributed by atoms with E-state index in [1.807, 2.05) is 24.3 Å². The van der Waals surface area contributed by atoms with E-state index in [1.165, 1.54) is 5.56 Å². The van der Waals surface area contributed by atoms with Crippen molar-refractivity contribution in [3.63, 3.8) is 0 Å². The highest BCUT2D eigenvalue weighted by Crippen LogP contribution is 2.23. The second kappa shape index (κ2) is 5.37. The molecule has 0 unspecified atom stereocenters. The van der Waals surface area contributed by atoms with Crippen LogP contribution in [-0.4, -0.2) is 6.18 Å². The molecule has 0 N–H and O–H groups in total. The van der Waals surface area contributed by atoms with Crippen LogP contribution in [0.5, 0.6) is 0 Å². The van der Waals surface area contributed by atoms with Crippen molar-refractivity contribution in [2.75, 3.05) is 0 Å². The molecule has 0 heterocycles. The van der Waals surface area contributed by atoms with Gasteiger partial charge in [-0.05, 0) is 29.9 Å². The Balaban J connectivity index is 2.51. The number of hydrogen-bond donors (Lipinski definition) is 0. The molecule has 90 valence electrons. The monoisotopic (exact) mass is 230 g/mol. The van der Waals surface area contributed by atoms with Crippen LogP contribution in [0.3, 0.4) is 0 Å². The van der Waals surface area contributed by atoms with Crippen molar-refractivity contribution in [2.24, 2.45) is 0 Å². The van der Waals surface area contributed by atoms with Crippen molar-refractivity contribution in [3.8, 4) is 0 Å². The molecule has 0 aliphatic carbocycles. The molecule has 0 spiro atoms. The Kier molecular flexibility index (Phi) is 4.39. The van der Waals surface area contributed by atoms with Crippen LogP contribution in [0.4, 0.5) is 13.2 Å². The highest BCUT2D eigenvalue weighted by molar-refractivity contribution is 5.25. The van der Waals surface area contributed by atoms with Crippen molar-refractivity contribution in [1.82, 2.24) is 0 Å². The molecule has 0 nitrogen and oxygen atoms in total. The lowest BCUT2D eigenvalue weighted by atomic mass is 9.99. The molecular formula is C13H17F3. The Hall–Kier alpha value is -0.990. The molecule has 0 fully saturated rings. The third-order valence-electron chi connectivity index (χ3n) is 2.54. The van der Waals surface area contributed by atoms with E-state index < -0.39 is 12.6 Å². The zero-order valence-electron chi connectivity index (χ0n) is 9.64. The normalized spacial score (nSPS) is 12.1. The first kappa shape index (κ1) is 13.1. The first-order valence-electron chi connectivity index (χ1n) is 5.54. The summed E-state index contributed by atoms with van der Waals surface area (Å²) in [7, 11) is 0. The highest BCUT2D eigenvalue weighted by atomic mass is 19.4. The van der Waals surface area contributed by atoms with Gasteiger partial charge in [-0.3, -0.25) is 0 Å². The molecule has 1 rings (SSSR count). The number of aryl methyl sites for hydroxylation is 1. The van der Waals surface area contributed by atoms with Gasteiger partial charge in [0.15, 0.2) is 0 Å². The quantitative estimate of drug-likeness (QED) is 0.703. The fourth-order valence-electron chi connectivity index (χ4n) is 1.60. The summed E-state index contributed by atoms with van der Waals surface area (Å²) < 4.78 is 35.9. The zero-order chi connectivity index (χ0) is 12.2. The molecule has 0 atom stereocenters. The summed E-state index contributed by atoms with van der Waals surface area (Å²) in [5.74, 6) is 0.419. The van der Waals surface area contributed by atoms with Crippen LogP contribution in [0.2, 0.25) is 0 Å². The Morgan fingerprint density at radius 2 is 1.88 bits per heavy atom. The minimum Gasteiger partial charge on any atom is -0.171 e. The maximum Gasteiger partial charge on any atom is 0.389 e. The largest absolute Gasteiger partial charge is 0.389 e. The zero-order valence-corrected chi connectivity index (χ0v) is 9.64. The van der Waals surface area contributed by atoms with Gasteiger partial charge in [0, 0.05) is 6.42 Å². The van der Waals surface area contributed by atoms with E-state index in [0.29, 0.717) is 12.3 Å². The first-order chi connectivity index (χ1) is 7.38. The maximum atomic E-state index is 12.0. The molecule has 0 aliphatic heterocycles. The summed E-state index contributed by atoms with van der Waals surface area (Å²) >= 11 is 0. The van der Waals surface area contributed by atoms with Gasteiger partial charge in [-0.25, -0.2) is 0 Å². The molecule has 0 aliphatic rings. The Labute approximate surface area is 94.5 Å². The summed E-state index contributed by atoms with van der Waals surface area (Å²) in [6, 6.07) is 7.82.